The van der Waals surface area contributed by atoms with Gasteiger partial charge in [-0.2, -0.15) is 13.2 Å². The first kappa shape index (κ1) is 16.5. The maximum atomic E-state index is 12.6. The number of amides is 2. The van der Waals surface area contributed by atoms with E-state index in [9.17, 15) is 22.8 Å². The molecule has 0 saturated carbocycles. The molecule has 0 unspecified atom stereocenters. The zero-order valence-corrected chi connectivity index (χ0v) is 11.9. The number of aromatic nitrogens is 1. The van der Waals surface area contributed by atoms with Crippen LogP contribution in [0.5, 0.6) is 0 Å². The number of alkyl halides is 3. The predicted molar refractivity (Wildman–Crippen MR) is 77.9 cm³/mol. The third-order valence-corrected chi connectivity index (χ3v) is 2.77. The van der Waals surface area contributed by atoms with Gasteiger partial charge in [0.05, 0.1) is 5.56 Å². The Morgan fingerprint density at radius 2 is 1.83 bits per heavy atom. The highest BCUT2D eigenvalue weighted by molar-refractivity contribution is 6.05. The molecule has 2 rings (SSSR count). The fourth-order valence-corrected chi connectivity index (χ4v) is 1.80. The molecule has 2 N–H and O–H groups in total. The topological polar surface area (TPSA) is 71.1 Å². The van der Waals surface area contributed by atoms with Crippen molar-refractivity contribution >= 4 is 23.3 Å². The Morgan fingerprint density at radius 3 is 2.48 bits per heavy atom. The van der Waals surface area contributed by atoms with Crippen molar-refractivity contribution in [2.24, 2.45) is 0 Å². The molecule has 0 radical (unpaired) electrons. The standard InChI is InChI=1S/C15H12F3N3O2/c1-9(22)20-13-7-10(5-6-19-13)14(23)21-12-4-2-3-11(8-12)15(16,17)18/h2-8H,1H3,(H,21,23)(H,19,20,22). The maximum absolute atomic E-state index is 12.6. The second-order valence-electron chi connectivity index (χ2n) is 4.64. The van der Waals surface area contributed by atoms with Gasteiger partial charge in [-0.1, -0.05) is 6.07 Å². The number of benzene rings is 1. The van der Waals surface area contributed by atoms with Crippen molar-refractivity contribution in [2.75, 3.05) is 10.6 Å². The highest BCUT2D eigenvalue weighted by Gasteiger charge is 2.30. The third kappa shape index (κ3) is 4.53. The van der Waals surface area contributed by atoms with E-state index in [2.05, 4.69) is 15.6 Å². The van der Waals surface area contributed by atoms with Crippen LogP contribution in [0.25, 0.3) is 0 Å². The van der Waals surface area contributed by atoms with Crippen molar-refractivity contribution in [3.8, 4) is 0 Å². The number of anilines is 2. The van der Waals surface area contributed by atoms with Crippen LogP contribution in [0, 0.1) is 0 Å². The van der Waals surface area contributed by atoms with E-state index in [1.165, 1.54) is 37.4 Å². The largest absolute Gasteiger partial charge is 0.416 e. The summed E-state index contributed by atoms with van der Waals surface area (Å²) in [5, 5.41) is 4.79. The second kappa shape index (κ2) is 6.47. The Bertz CT molecular complexity index is 745. The van der Waals surface area contributed by atoms with Crippen molar-refractivity contribution in [1.82, 2.24) is 4.98 Å². The van der Waals surface area contributed by atoms with Gasteiger partial charge in [0.1, 0.15) is 5.82 Å². The van der Waals surface area contributed by atoms with Gasteiger partial charge in [-0.25, -0.2) is 4.98 Å². The number of nitrogens with one attached hydrogen (secondary N) is 2. The summed E-state index contributed by atoms with van der Waals surface area (Å²) in [6.07, 6.45) is -3.18. The van der Waals surface area contributed by atoms with Crippen LogP contribution in [0.4, 0.5) is 24.7 Å². The zero-order chi connectivity index (χ0) is 17.0. The second-order valence-corrected chi connectivity index (χ2v) is 4.64. The molecule has 0 atom stereocenters. The van der Waals surface area contributed by atoms with Crippen molar-refractivity contribution < 1.29 is 22.8 Å². The fraction of sp³-hybridized carbons (Fsp3) is 0.133. The Morgan fingerprint density at radius 1 is 1.09 bits per heavy atom. The van der Waals surface area contributed by atoms with Crippen LogP contribution in [0.3, 0.4) is 0 Å². The van der Waals surface area contributed by atoms with Gasteiger partial charge in [0.2, 0.25) is 5.91 Å². The summed E-state index contributed by atoms with van der Waals surface area (Å²) in [6.45, 7) is 1.29. The first-order valence-corrected chi connectivity index (χ1v) is 6.48. The molecule has 1 heterocycles. The van der Waals surface area contributed by atoms with Gasteiger partial charge in [-0.15, -0.1) is 0 Å². The minimum Gasteiger partial charge on any atom is -0.322 e. The van der Waals surface area contributed by atoms with Gasteiger partial charge in [-0.3, -0.25) is 9.59 Å². The molecule has 0 saturated heterocycles. The van der Waals surface area contributed by atoms with Crippen LogP contribution < -0.4 is 10.6 Å². The lowest BCUT2D eigenvalue weighted by atomic mass is 10.2. The minimum atomic E-state index is -4.49. The molecule has 120 valence electrons. The number of halogens is 3. The van der Waals surface area contributed by atoms with Gasteiger partial charge in [0, 0.05) is 24.4 Å². The number of hydrogen-bond donors (Lipinski definition) is 2. The van der Waals surface area contributed by atoms with Crippen molar-refractivity contribution in [2.45, 2.75) is 13.1 Å². The average molecular weight is 323 g/mol. The molecule has 0 aliphatic carbocycles. The van der Waals surface area contributed by atoms with E-state index < -0.39 is 17.6 Å². The number of rotatable bonds is 3. The Kier molecular flexibility index (Phi) is 4.63. The SMILES string of the molecule is CC(=O)Nc1cc(C(=O)Nc2cccc(C(F)(F)F)c2)ccn1. The highest BCUT2D eigenvalue weighted by Crippen LogP contribution is 2.30. The lowest BCUT2D eigenvalue weighted by Crippen LogP contribution is -2.14. The number of nitrogens with zero attached hydrogens (tertiary/aromatic N) is 1. The van der Waals surface area contributed by atoms with Crippen LogP contribution >= 0.6 is 0 Å². The predicted octanol–water partition coefficient (Wildman–Crippen LogP) is 3.31. The Hall–Kier alpha value is -2.90. The summed E-state index contributed by atoms with van der Waals surface area (Å²) in [7, 11) is 0. The van der Waals surface area contributed by atoms with Gasteiger partial charge < -0.3 is 10.6 Å². The summed E-state index contributed by atoms with van der Waals surface area (Å²) < 4.78 is 37.9. The molecule has 0 aliphatic heterocycles. The van der Waals surface area contributed by atoms with Crippen molar-refractivity contribution in [3.05, 3.63) is 53.7 Å². The smallest absolute Gasteiger partial charge is 0.322 e. The summed E-state index contributed by atoms with van der Waals surface area (Å²) in [5.41, 5.74) is -0.687. The van der Waals surface area contributed by atoms with Gasteiger partial charge in [0.25, 0.3) is 5.91 Å². The van der Waals surface area contributed by atoms with Crippen LogP contribution in [0.1, 0.15) is 22.8 Å². The number of carbonyl (C=O) groups excluding carboxylic acids is 2. The Labute approximate surface area is 129 Å². The van der Waals surface area contributed by atoms with Crippen molar-refractivity contribution in [1.29, 1.82) is 0 Å². The summed E-state index contributed by atoms with van der Waals surface area (Å²) in [5.74, 6) is -0.791. The number of hydrogen-bond acceptors (Lipinski definition) is 3. The summed E-state index contributed by atoms with van der Waals surface area (Å²) >= 11 is 0. The van der Waals surface area contributed by atoms with E-state index in [4.69, 9.17) is 0 Å². The molecule has 0 fully saturated rings. The van der Waals surface area contributed by atoms with E-state index in [1.807, 2.05) is 0 Å². The molecule has 0 aliphatic rings. The van der Waals surface area contributed by atoms with E-state index in [-0.39, 0.29) is 23.0 Å². The number of pyridine rings is 1. The maximum Gasteiger partial charge on any atom is 0.416 e. The molecule has 2 aromatic rings. The monoisotopic (exact) mass is 323 g/mol. The van der Waals surface area contributed by atoms with E-state index >= 15 is 0 Å². The van der Waals surface area contributed by atoms with E-state index in [0.29, 0.717) is 0 Å². The lowest BCUT2D eigenvalue weighted by molar-refractivity contribution is -0.137. The van der Waals surface area contributed by atoms with Crippen LogP contribution in [0.2, 0.25) is 0 Å². The number of carbonyl (C=O) groups is 2. The van der Waals surface area contributed by atoms with Gasteiger partial charge >= 0.3 is 6.18 Å². The first-order valence-electron chi connectivity index (χ1n) is 6.48. The molecule has 0 spiro atoms. The van der Waals surface area contributed by atoms with E-state index in [1.54, 1.807) is 0 Å². The quantitative estimate of drug-likeness (QED) is 0.910. The molecule has 2 amide bonds. The van der Waals surface area contributed by atoms with Gasteiger partial charge in [-0.05, 0) is 30.3 Å². The molecule has 0 bridgehead atoms. The zero-order valence-electron chi connectivity index (χ0n) is 11.9. The first-order chi connectivity index (χ1) is 10.8. The minimum absolute atomic E-state index is 0.0164. The molecular weight excluding hydrogens is 311 g/mol. The molecule has 1 aromatic heterocycles. The van der Waals surface area contributed by atoms with Gasteiger partial charge in [0.15, 0.2) is 0 Å². The lowest BCUT2D eigenvalue weighted by Gasteiger charge is -2.10. The van der Waals surface area contributed by atoms with E-state index in [0.717, 1.165) is 12.1 Å². The van der Waals surface area contributed by atoms with Crippen LogP contribution in [-0.4, -0.2) is 16.8 Å². The average Bonchev–Trinajstić information content (AvgIpc) is 2.46. The molecule has 8 heteroatoms. The molecule has 5 nitrogen and oxygen atoms in total. The highest BCUT2D eigenvalue weighted by atomic mass is 19.4. The molecule has 23 heavy (non-hydrogen) atoms. The molecule has 1 aromatic carbocycles. The van der Waals surface area contributed by atoms with Crippen molar-refractivity contribution in [3.63, 3.8) is 0 Å². The van der Waals surface area contributed by atoms with Crippen LogP contribution in [-0.2, 0) is 11.0 Å². The fourth-order valence-electron chi connectivity index (χ4n) is 1.80. The third-order valence-electron chi connectivity index (χ3n) is 2.77. The van der Waals surface area contributed by atoms with Crippen LogP contribution in [0.15, 0.2) is 42.6 Å². The normalized spacial score (nSPS) is 11.0. The summed E-state index contributed by atoms with van der Waals surface area (Å²) in [6, 6.07) is 7.01. The Balaban J connectivity index is 2.18. The molecular formula is C15H12F3N3O2. The summed E-state index contributed by atoms with van der Waals surface area (Å²) in [4.78, 5) is 26.9.